The minimum Gasteiger partial charge on any atom is -0.493 e. The van der Waals surface area contributed by atoms with Crippen LogP contribution in [0.1, 0.15) is 74.5 Å². The fourth-order valence-electron chi connectivity index (χ4n) is 5.87. The predicted molar refractivity (Wildman–Crippen MR) is 195 cm³/mol. The molecule has 1 aromatic heterocycles. The molecule has 55 heavy (non-hydrogen) atoms. The van der Waals surface area contributed by atoms with E-state index >= 15 is 0 Å². The molecule has 1 heterocycles. The van der Waals surface area contributed by atoms with Gasteiger partial charge in [0.25, 0.3) is 5.91 Å². The van der Waals surface area contributed by atoms with Gasteiger partial charge in [0.05, 0.1) is 24.9 Å². The van der Waals surface area contributed by atoms with Crippen LogP contribution >= 0.6 is 0 Å². The Morgan fingerprint density at radius 2 is 1.44 bits per heavy atom. The van der Waals surface area contributed by atoms with E-state index < -0.39 is 94.7 Å². The molecule has 4 atom stereocenters. The van der Waals surface area contributed by atoms with Gasteiger partial charge in [-0.15, -0.1) is 0 Å². The molecule has 0 radical (unpaired) electrons. The summed E-state index contributed by atoms with van der Waals surface area (Å²) in [7, 11) is 1.26. The number of nitrogens with zero attached hydrogens (tertiary/aromatic N) is 1. The topological polar surface area (TPSA) is 198 Å². The highest BCUT2D eigenvalue weighted by molar-refractivity contribution is 6.44. The largest absolute Gasteiger partial charge is 0.493 e. The van der Waals surface area contributed by atoms with Crippen LogP contribution in [-0.4, -0.2) is 71.2 Å². The molecule has 2 aromatic carbocycles. The van der Waals surface area contributed by atoms with Crippen molar-refractivity contribution >= 4 is 46.9 Å². The lowest BCUT2D eigenvalue weighted by Crippen LogP contribution is -2.48. The van der Waals surface area contributed by atoms with Gasteiger partial charge in [-0.2, -0.15) is 0 Å². The van der Waals surface area contributed by atoms with Gasteiger partial charge in [0, 0.05) is 31.5 Å². The van der Waals surface area contributed by atoms with Crippen LogP contribution in [0.4, 0.5) is 0 Å². The summed E-state index contributed by atoms with van der Waals surface area (Å²) >= 11 is 0. The van der Waals surface area contributed by atoms with Crippen molar-refractivity contribution < 1.29 is 57.3 Å². The number of amides is 1. The number of pyridine rings is 1. The monoisotopic (exact) mass is 756 g/mol. The first kappa shape index (κ1) is 41.7. The van der Waals surface area contributed by atoms with Crippen molar-refractivity contribution in [3.63, 3.8) is 0 Å². The highest BCUT2D eigenvalue weighted by Crippen LogP contribution is 2.31. The SMILES string of the molecule is COc1ccnc(C(=O)N[C@H]2CC(=O)C(=O)[C@H](Cc3ccccc3)[C@H](OC(=O)C(C)C)[C@H](C)C(=O)C2=O)c1OC(=O)CCCCC(=O)OCc1ccccc1. The first-order valence-corrected chi connectivity index (χ1v) is 17.9. The van der Waals surface area contributed by atoms with E-state index in [1.165, 1.54) is 26.3 Å². The van der Waals surface area contributed by atoms with Crippen LogP contribution in [-0.2, 0) is 56.1 Å². The zero-order chi connectivity index (χ0) is 40.1. The summed E-state index contributed by atoms with van der Waals surface area (Å²) in [5.74, 6) is -11.1. The fraction of sp³-hybridized carbons (Fsp3) is 0.390. The summed E-state index contributed by atoms with van der Waals surface area (Å²) in [6.07, 6.45) is -0.740. The lowest BCUT2D eigenvalue weighted by molar-refractivity contribution is -0.163. The number of unbranched alkanes of at least 4 members (excludes halogenated alkanes) is 1. The van der Waals surface area contributed by atoms with E-state index in [0.717, 1.165) is 5.56 Å². The summed E-state index contributed by atoms with van der Waals surface area (Å²) in [5, 5.41) is 2.32. The standard InChI is InChI=1S/C41H44N2O12/c1-24(2)41(51)55-38-25(3)35(47)37(49)29(22-30(44)36(48)28(38)21-26-13-7-5-8-14-26)43-40(50)34-39(31(52-4)19-20-42-34)54-33(46)18-12-11-17-32(45)53-23-27-15-9-6-10-16-27/h5-10,13-16,19-20,24-25,28-29,38H,11-12,17-18,21-23H2,1-4H3,(H,43,50)/t25-,28+,29+,38-/m1/s1. The second kappa shape index (κ2) is 19.9. The molecule has 1 saturated carbocycles. The van der Waals surface area contributed by atoms with Gasteiger partial charge in [0.2, 0.25) is 28.9 Å². The van der Waals surface area contributed by atoms with Crippen LogP contribution in [0.3, 0.4) is 0 Å². The molecule has 3 aromatic rings. The molecule has 1 aliphatic rings. The molecule has 0 aliphatic heterocycles. The summed E-state index contributed by atoms with van der Waals surface area (Å²) < 4.78 is 21.7. The molecule has 1 N–H and O–H groups in total. The number of rotatable bonds is 15. The second-order valence-electron chi connectivity index (χ2n) is 13.4. The number of carbonyl (C=O) groups is 8. The number of methoxy groups -OCH3 is 1. The average molecular weight is 757 g/mol. The minimum atomic E-state index is -1.81. The highest BCUT2D eigenvalue weighted by atomic mass is 16.6. The summed E-state index contributed by atoms with van der Waals surface area (Å²) in [6, 6.07) is 17.3. The van der Waals surface area contributed by atoms with Gasteiger partial charge in [-0.1, -0.05) is 81.4 Å². The molecule has 0 spiro atoms. The summed E-state index contributed by atoms with van der Waals surface area (Å²) in [5.41, 5.74) is 0.961. The van der Waals surface area contributed by atoms with Crippen molar-refractivity contribution in [2.24, 2.45) is 17.8 Å². The van der Waals surface area contributed by atoms with E-state index in [1.807, 2.05) is 30.3 Å². The van der Waals surface area contributed by atoms with Gasteiger partial charge in [-0.05, 0) is 30.4 Å². The first-order valence-electron chi connectivity index (χ1n) is 17.9. The predicted octanol–water partition coefficient (Wildman–Crippen LogP) is 4.14. The van der Waals surface area contributed by atoms with Crippen LogP contribution in [0.5, 0.6) is 11.5 Å². The molecule has 0 saturated heterocycles. The number of aromatic nitrogens is 1. The van der Waals surface area contributed by atoms with Crippen molar-refractivity contribution in [2.45, 2.75) is 78.0 Å². The lowest BCUT2D eigenvalue weighted by atomic mass is 9.81. The number of carbonyl (C=O) groups excluding carboxylic acids is 8. The second-order valence-corrected chi connectivity index (χ2v) is 13.4. The molecule has 14 heteroatoms. The summed E-state index contributed by atoms with van der Waals surface area (Å²) in [4.78, 5) is 110. The Morgan fingerprint density at radius 3 is 2.05 bits per heavy atom. The number of ketones is 4. The van der Waals surface area contributed by atoms with Crippen molar-refractivity contribution in [3.05, 3.63) is 89.7 Å². The molecule has 14 nitrogen and oxygen atoms in total. The Balaban J connectivity index is 1.48. The average Bonchev–Trinajstić information content (AvgIpc) is 3.20. The molecular formula is C41H44N2O12. The van der Waals surface area contributed by atoms with Gasteiger partial charge >= 0.3 is 17.9 Å². The van der Waals surface area contributed by atoms with Gasteiger partial charge < -0.3 is 24.3 Å². The Labute approximate surface area is 318 Å². The van der Waals surface area contributed by atoms with E-state index in [2.05, 4.69) is 10.3 Å². The number of Topliss-reactive ketones (excluding diaryl/α,β-unsaturated/α-hetero) is 4. The minimum absolute atomic E-state index is 0.0614. The van der Waals surface area contributed by atoms with Crippen molar-refractivity contribution in [2.75, 3.05) is 7.11 Å². The number of hydrogen-bond donors (Lipinski definition) is 1. The zero-order valence-electron chi connectivity index (χ0n) is 31.1. The highest BCUT2D eigenvalue weighted by Gasteiger charge is 2.46. The Hall–Kier alpha value is -6.05. The van der Waals surface area contributed by atoms with E-state index in [1.54, 1.807) is 44.2 Å². The summed E-state index contributed by atoms with van der Waals surface area (Å²) in [6.45, 7) is 4.57. The molecule has 0 bridgehead atoms. The van der Waals surface area contributed by atoms with Crippen molar-refractivity contribution in [1.29, 1.82) is 0 Å². The smallest absolute Gasteiger partial charge is 0.311 e. The van der Waals surface area contributed by atoms with E-state index in [0.29, 0.717) is 12.0 Å². The van der Waals surface area contributed by atoms with Crippen molar-refractivity contribution in [3.8, 4) is 11.5 Å². The molecule has 1 fully saturated rings. The Morgan fingerprint density at radius 1 is 0.818 bits per heavy atom. The number of nitrogens with one attached hydrogen (secondary N) is 1. The van der Waals surface area contributed by atoms with Crippen LogP contribution < -0.4 is 14.8 Å². The molecule has 1 aliphatic carbocycles. The van der Waals surface area contributed by atoms with E-state index in [-0.39, 0.29) is 38.0 Å². The molecule has 290 valence electrons. The number of benzene rings is 2. The number of esters is 3. The lowest BCUT2D eigenvalue weighted by Gasteiger charge is -2.29. The Bertz CT molecular complexity index is 1890. The third-order valence-electron chi connectivity index (χ3n) is 8.96. The maximum absolute atomic E-state index is 13.8. The van der Waals surface area contributed by atoms with Crippen LogP contribution in [0.25, 0.3) is 0 Å². The van der Waals surface area contributed by atoms with Gasteiger partial charge in [-0.25, -0.2) is 4.98 Å². The van der Waals surface area contributed by atoms with E-state index in [4.69, 9.17) is 18.9 Å². The molecule has 0 unspecified atom stereocenters. The third kappa shape index (κ3) is 11.5. The van der Waals surface area contributed by atoms with Crippen LogP contribution in [0.2, 0.25) is 0 Å². The number of ether oxygens (including phenoxy) is 4. The fourth-order valence-corrected chi connectivity index (χ4v) is 5.87. The normalized spacial score (nSPS) is 18.8. The maximum atomic E-state index is 13.8. The Kier molecular flexibility index (Phi) is 15.1. The van der Waals surface area contributed by atoms with Crippen LogP contribution in [0.15, 0.2) is 72.9 Å². The molecular weight excluding hydrogens is 712 g/mol. The third-order valence-corrected chi connectivity index (χ3v) is 8.96. The zero-order valence-corrected chi connectivity index (χ0v) is 31.1. The molecule has 4 rings (SSSR count). The maximum Gasteiger partial charge on any atom is 0.311 e. The first-order chi connectivity index (χ1) is 26.3. The van der Waals surface area contributed by atoms with Crippen molar-refractivity contribution in [1.82, 2.24) is 10.3 Å². The number of hydrogen-bond acceptors (Lipinski definition) is 13. The van der Waals surface area contributed by atoms with Crippen LogP contribution in [0, 0.1) is 17.8 Å². The molecule has 1 amide bonds. The quantitative estimate of drug-likeness (QED) is 0.132. The van der Waals surface area contributed by atoms with E-state index in [9.17, 15) is 38.4 Å². The van der Waals surface area contributed by atoms with Gasteiger partial charge in [-0.3, -0.25) is 38.4 Å². The van der Waals surface area contributed by atoms with Gasteiger partial charge in [0.15, 0.2) is 11.4 Å². The van der Waals surface area contributed by atoms with Gasteiger partial charge in [0.1, 0.15) is 18.8 Å².